The first-order valence-electron chi connectivity index (χ1n) is 7.77. The smallest absolute Gasteiger partial charge is 0.137 e. The van der Waals surface area contributed by atoms with Gasteiger partial charge in [0, 0.05) is 18.7 Å². The van der Waals surface area contributed by atoms with Gasteiger partial charge in [-0.15, -0.1) is 0 Å². The van der Waals surface area contributed by atoms with Crippen LogP contribution in [0.2, 0.25) is 0 Å². The molecule has 1 aromatic heterocycles. The summed E-state index contributed by atoms with van der Waals surface area (Å²) >= 11 is 0. The predicted octanol–water partition coefficient (Wildman–Crippen LogP) is 3.42. The molecule has 1 fully saturated rings. The van der Waals surface area contributed by atoms with Crippen LogP contribution < -0.4 is 10.6 Å². The fourth-order valence-electron chi connectivity index (χ4n) is 3.15. The Balaban J connectivity index is 2.17. The Morgan fingerprint density at radius 3 is 2.55 bits per heavy atom. The van der Waals surface area contributed by atoms with Crippen molar-refractivity contribution in [3.05, 3.63) is 11.9 Å². The Labute approximate surface area is 122 Å². The largest absolute Gasteiger partial charge is 0.383 e. The van der Waals surface area contributed by atoms with Crippen molar-refractivity contribution < 1.29 is 0 Å². The normalized spacial score (nSPS) is 19.0. The molecule has 2 N–H and O–H groups in total. The van der Waals surface area contributed by atoms with Gasteiger partial charge >= 0.3 is 0 Å². The molecule has 1 heterocycles. The third-order valence-corrected chi connectivity index (χ3v) is 4.65. The number of hydrogen-bond acceptors (Lipinski definition) is 4. The summed E-state index contributed by atoms with van der Waals surface area (Å²) in [5.41, 5.74) is 7.65. The molecule has 2 rings (SSSR count). The van der Waals surface area contributed by atoms with E-state index in [1.54, 1.807) is 6.33 Å². The Morgan fingerprint density at radius 2 is 1.95 bits per heavy atom. The lowest BCUT2D eigenvalue weighted by Crippen LogP contribution is -2.38. The van der Waals surface area contributed by atoms with Crippen molar-refractivity contribution in [1.82, 2.24) is 9.97 Å². The van der Waals surface area contributed by atoms with Crippen molar-refractivity contribution in [2.24, 2.45) is 5.41 Å². The number of aromatic nitrogens is 2. The molecule has 1 aliphatic rings. The SMILES string of the molecule is CCCc1c(N)ncnc1N(C)C1CCC(C)(C)CC1. The predicted molar refractivity (Wildman–Crippen MR) is 84.9 cm³/mol. The van der Waals surface area contributed by atoms with Crippen LogP contribution in [0.1, 0.15) is 58.4 Å². The van der Waals surface area contributed by atoms with Gasteiger partial charge in [0.15, 0.2) is 0 Å². The zero-order chi connectivity index (χ0) is 14.8. The molecule has 0 radical (unpaired) electrons. The molecule has 0 aliphatic heterocycles. The monoisotopic (exact) mass is 276 g/mol. The average Bonchev–Trinajstić information content (AvgIpc) is 2.40. The molecule has 0 saturated heterocycles. The molecule has 0 unspecified atom stereocenters. The summed E-state index contributed by atoms with van der Waals surface area (Å²) in [7, 11) is 2.16. The zero-order valence-corrected chi connectivity index (χ0v) is 13.3. The highest BCUT2D eigenvalue weighted by Gasteiger charge is 2.30. The van der Waals surface area contributed by atoms with Gasteiger partial charge in [-0.05, 0) is 37.5 Å². The minimum Gasteiger partial charge on any atom is -0.383 e. The maximum Gasteiger partial charge on any atom is 0.137 e. The van der Waals surface area contributed by atoms with Gasteiger partial charge in [-0.1, -0.05) is 27.2 Å². The van der Waals surface area contributed by atoms with Crippen molar-refractivity contribution in [3.8, 4) is 0 Å². The fraction of sp³-hybridized carbons (Fsp3) is 0.750. The van der Waals surface area contributed by atoms with E-state index in [1.807, 2.05) is 0 Å². The first-order valence-corrected chi connectivity index (χ1v) is 7.77. The molecule has 20 heavy (non-hydrogen) atoms. The molecule has 1 saturated carbocycles. The van der Waals surface area contributed by atoms with Crippen molar-refractivity contribution >= 4 is 11.6 Å². The van der Waals surface area contributed by atoms with Gasteiger partial charge in [-0.3, -0.25) is 0 Å². The van der Waals surface area contributed by atoms with Gasteiger partial charge < -0.3 is 10.6 Å². The minimum absolute atomic E-state index is 0.494. The van der Waals surface area contributed by atoms with Crippen LogP contribution >= 0.6 is 0 Å². The second-order valence-corrected chi connectivity index (χ2v) is 6.82. The van der Waals surface area contributed by atoms with E-state index in [2.05, 4.69) is 42.7 Å². The molecule has 0 spiro atoms. The summed E-state index contributed by atoms with van der Waals surface area (Å²) in [4.78, 5) is 11.0. The molecule has 4 nitrogen and oxygen atoms in total. The first-order chi connectivity index (χ1) is 9.44. The van der Waals surface area contributed by atoms with Gasteiger partial charge in [0.2, 0.25) is 0 Å². The lowest BCUT2D eigenvalue weighted by Gasteiger charge is -2.39. The maximum absolute atomic E-state index is 6.04. The third kappa shape index (κ3) is 3.22. The van der Waals surface area contributed by atoms with Crippen LogP contribution in [-0.4, -0.2) is 23.1 Å². The molecule has 0 amide bonds. The van der Waals surface area contributed by atoms with Crippen LogP contribution in [0, 0.1) is 5.41 Å². The topological polar surface area (TPSA) is 55.0 Å². The number of nitrogen functional groups attached to an aromatic ring is 1. The fourth-order valence-corrected chi connectivity index (χ4v) is 3.15. The Hall–Kier alpha value is -1.32. The lowest BCUT2D eigenvalue weighted by atomic mass is 9.75. The summed E-state index contributed by atoms with van der Waals surface area (Å²) in [5.74, 6) is 1.67. The molecule has 0 atom stereocenters. The summed E-state index contributed by atoms with van der Waals surface area (Å²) in [6.45, 7) is 6.90. The highest BCUT2D eigenvalue weighted by Crippen LogP contribution is 2.38. The highest BCUT2D eigenvalue weighted by atomic mass is 15.2. The molecule has 1 aliphatic carbocycles. The maximum atomic E-state index is 6.04. The van der Waals surface area contributed by atoms with E-state index in [9.17, 15) is 0 Å². The molecule has 1 aromatic rings. The van der Waals surface area contributed by atoms with Gasteiger partial charge in [0.1, 0.15) is 18.0 Å². The second kappa shape index (κ2) is 5.98. The van der Waals surface area contributed by atoms with Gasteiger partial charge in [-0.2, -0.15) is 0 Å². The summed E-state index contributed by atoms with van der Waals surface area (Å²) in [6.07, 6.45) is 8.64. The Bertz CT molecular complexity index is 446. The van der Waals surface area contributed by atoms with Crippen molar-refractivity contribution in [2.45, 2.75) is 65.3 Å². The van der Waals surface area contributed by atoms with Crippen LogP contribution in [0.4, 0.5) is 11.6 Å². The number of nitrogens with zero attached hydrogens (tertiary/aromatic N) is 3. The average molecular weight is 276 g/mol. The second-order valence-electron chi connectivity index (χ2n) is 6.82. The third-order valence-electron chi connectivity index (χ3n) is 4.65. The van der Waals surface area contributed by atoms with E-state index < -0.39 is 0 Å². The molecule has 0 bridgehead atoms. The first kappa shape index (κ1) is 15.1. The van der Waals surface area contributed by atoms with Crippen LogP contribution in [0.25, 0.3) is 0 Å². The molecular formula is C16H28N4. The number of rotatable bonds is 4. The van der Waals surface area contributed by atoms with Gasteiger partial charge in [-0.25, -0.2) is 9.97 Å². The number of anilines is 2. The van der Waals surface area contributed by atoms with E-state index in [0.717, 1.165) is 24.2 Å². The van der Waals surface area contributed by atoms with Crippen LogP contribution in [0.5, 0.6) is 0 Å². The zero-order valence-electron chi connectivity index (χ0n) is 13.3. The van der Waals surface area contributed by atoms with Gasteiger partial charge in [0.05, 0.1) is 0 Å². The van der Waals surface area contributed by atoms with E-state index in [0.29, 0.717) is 17.3 Å². The Kier molecular flexibility index (Phi) is 4.51. The summed E-state index contributed by atoms with van der Waals surface area (Å²) in [5, 5.41) is 0. The number of hydrogen-bond donors (Lipinski definition) is 1. The minimum atomic E-state index is 0.494. The highest BCUT2D eigenvalue weighted by molar-refractivity contribution is 5.56. The summed E-state index contributed by atoms with van der Waals surface area (Å²) < 4.78 is 0. The van der Waals surface area contributed by atoms with Crippen LogP contribution in [0.3, 0.4) is 0 Å². The lowest BCUT2D eigenvalue weighted by molar-refractivity contribution is 0.222. The summed E-state index contributed by atoms with van der Waals surface area (Å²) in [6, 6.07) is 0.577. The number of nitrogens with two attached hydrogens (primary N) is 1. The molecule has 0 aromatic carbocycles. The van der Waals surface area contributed by atoms with E-state index in [-0.39, 0.29) is 0 Å². The van der Waals surface area contributed by atoms with Crippen molar-refractivity contribution in [3.63, 3.8) is 0 Å². The van der Waals surface area contributed by atoms with Crippen molar-refractivity contribution in [1.29, 1.82) is 0 Å². The van der Waals surface area contributed by atoms with E-state index >= 15 is 0 Å². The van der Waals surface area contributed by atoms with Crippen LogP contribution in [-0.2, 0) is 6.42 Å². The van der Waals surface area contributed by atoms with Crippen LogP contribution in [0.15, 0.2) is 6.33 Å². The van der Waals surface area contributed by atoms with Gasteiger partial charge in [0.25, 0.3) is 0 Å². The molecular weight excluding hydrogens is 248 g/mol. The molecule has 4 heteroatoms. The van der Waals surface area contributed by atoms with E-state index in [4.69, 9.17) is 5.73 Å². The standard InChI is InChI=1S/C16H28N4/c1-5-6-13-14(17)18-11-19-15(13)20(4)12-7-9-16(2,3)10-8-12/h11-12H,5-10H2,1-4H3,(H2,17,18,19). The quantitative estimate of drug-likeness (QED) is 0.915. The Morgan fingerprint density at radius 1 is 1.30 bits per heavy atom. The van der Waals surface area contributed by atoms with Crippen molar-refractivity contribution in [2.75, 3.05) is 17.7 Å². The van der Waals surface area contributed by atoms with E-state index in [1.165, 1.54) is 25.7 Å². The molecule has 112 valence electrons.